The van der Waals surface area contributed by atoms with Crippen LogP contribution in [0, 0.1) is 5.92 Å². The van der Waals surface area contributed by atoms with Crippen LogP contribution in [0.1, 0.15) is 34.6 Å². The van der Waals surface area contributed by atoms with Crippen molar-refractivity contribution < 1.29 is 9.22 Å². The van der Waals surface area contributed by atoms with Gasteiger partial charge >= 0.3 is 0 Å². The summed E-state index contributed by atoms with van der Waals surface area (Å²) in [6.45, 7) is 22.3. The number of rotatable bonds is 7. The smallest absolute Gasteiger partial charge is 0.192 e. The molecule has 0 heterocycles. The topological polar surface area (TPSA) is 26.3 Å². The molecule has 0 bridgehead atoms. The summed E-state index contributed by atoms with van der Waals surface area (Å²) in [5.74, 6) is 0.201. The normalized spacial score (nSPS) is 17.6. The van der Waals surface area contributed by atoms with E-state index in [2.05, 4.69) is 72.2 Å². The first kappa shape index (κ1) is 21.5. The number of hydrogen-bond donors (Lipinski definition) is 0. The Bertz CT molecular complexity index is 423. The minimum atomic E-state index is -1.84. The van der Waals surface area contributed by atoms with Crippen molar-refractivity contribution in [2.75, 3.05) is 0 Å². The molecule has 2 nitrogen and oxygen atoms in total. The lowest BCUT2D eigenvalue weighted by Gasteiger charge is -2.40. The second-order valence-electron chi connectivity index (χ2n) is 8.96. The molecule has 0 unspecified atom stereocenters. The molecule has 0 N–H and O–H groups in total. The van der Waals surface area contributed by atoms with Crippen LogP contribution in [-0.2, 0) is 9.22 Å². The molecule has 0 aromatic carbocycles. The molecular formula is C18H36O2Si2. The van der Waals surface area contributed by atoms with Crippen LogP contribution in [0.5, 0.6) is 0 Å². The second-order valence-corrected chi connectivity index (χ2v) is 18.8. The molecule has 0 radical (unpaired) electrons. The Morgan fingerprint density at radius 1 is 1.09 bits per heavy atom. The van der Waals surface area contributed by atoms with Gasteiger partial charge in [0.2, 0.25) is 0 Å². The zero-order valence-electron chi connectivity index (χ0n) is 16.3. The highest BCUT2D eigenvalue weighted by molar-refractivity contribution is 6.81. The molecule has 128 valence electrons. The largest absolute Gasteiger partial charge is 0.410 e. The summed E-state index contributed by atoms with van der Waals surface area (Å²) in [4.78, 5) is 10.9. The quantitative estimate of drug-likeness (QED) is 0.343. The third-order valence-corrected chi connectivity index (χ3v) is 9.92. The highest BCUT2D eigenvalue weighted by Gasteiger charge is 2.39. The van der Waals surface area contributed by atoms with Crippen molar-refractivity contribution in [3.05, 3.63) is 23.4 Å². The lowest BCUT2D eigenvalue weighted by atomic mass is 10.0. The van der Waals surface area contributed by atoms with Crippen LogP contribution in [0.3, 0.4) is 0 Å². The lowest BCUT2D eigenvalue weighted by molar-refractivity contribution is -0.104. The van der Waals surface area contributed by atoms with Gasteiger partial charge in [0.15, 0.2) is 8.32 Å². The van der Waals surface area contributed by atoms with E-state index in [1.54, 1.807) is 0 Å². The monoisotopic (exact) mass is 340 g/mol. The van der Waals surface area contributed by atoms with Crippen molar-refractivity contribution >= 4 is 22.7 Å². The summed E-state index contributed by atoms with van der Waals surface area (Å²) >= 11 is 0. The van der Waals surface area contributed by atoms with E-state index < -0.39 is 16.4 Å². The van der Waals surface area contributed by atoms with Crippen molar-refractivity contribution in [3.63, 3.8) is 0 Å². The summed E-state index contributed by atoms with van der Waals surface area (Å²) < 4.78 is 6.62. The fourth-order valence-corrected chi connectivity index (χ4v) is 3.87. The van der Waals surface area contributed by atoms with Gasteiger partial charge in [0.1, 0.15) is 6.29 Å². The Balaban J connectivity index is 5.44. The van der Waals surface area contributed by atoms with E-state index >= 15 is 0 Å². The van der Waals surface area contributed by atoms with Crippen LogP contribution >= 0.6 is 0 Å². The molecule has 0 rings (SSSR count). The average molecular weight is 341 g/mol. The Kier molecular flexibility index (Phi) is 7.72. The Labute approximate surface area is 140 Å². The summed E-state index contributed by atoms with van der Waals surface area (Å²) in [6.07, 6.45) is 5.23. The van der Waals surface area contributed by atoms with Crippen molar-refractivity contribution in [2.45, 2.75) is 78.5 Å². The molecule has 0 aromatic heterocycles. The van der Waals surface area contributed by atoms with Gasteiger partial charge in [-0.25, -0.2) is 0 Å². The fraction of sp³-hybridized carbons (Fsp3) is 0.722. The SMILES string of the molecule is C/C(C=O)=C\[C@@H](C)[C@H](/C=C/[Si](C)(C)C)O[Si](C)(C)C(C)(C)C. The first-order valence-electron chi connectivity index (χ1n) is 8.20. The van der Waals surface area contributed by atoms with Gasteiger partial charge in [-0.1, -0.05) is 65.2 Å². The summed E-state index contributed by atoms with van der Waals surface area (Å²) in [6, 6.07) is 0. The minimum Gasteiger partial charge on any atom is -0.410 e. The predicted octanol–water partition coefficient (Wildman–Crippen LogP) is 5.59. The number of allylic oxidation sites excluding steroid dienone is 1. The molecule has 0 aliphatic heterocycles. The van der Waals surface area contributed by atoms with Gasteiger partial charge in [-0.3, -0.25) is 4.79 Å². The molecule has 22 heavy (non-hydrogen) atoms. The summed E-state index contributed by atoms with van der Waals surface area (Å²) in [7, 11) is -3.11. The van der Waals surface area contributed by atoms with E-state index in [0.717, 1.165) is 11.9 Å². The van der Waals surface area contributed by atoms with Gasteiger partial charge in [-0.15, -0.1) is 0 Å². The average Bonchev–Trinajstić information content (AvgIpc) is 2.31. The molecule has 2 atom stereocenters. The second kappa shape index (κ2) is 7.89. The molecule has 0 aromatic rings. The number of hydrogen-bond acceptors (Lipinski definition) is 2. The van der Waals surface area contributed by atoms with Crippen LogP contribution in [-0.4, -0.2) is 28.8 Å². The lowest BCUT2D eigenvalue weighted by Crippen LogP contribution is -2.45. The zero-order valence-corrected chi connectivity index (χ0v) is 18.3. The van der Waals surface area contributed by atoms with Crippen LogP contribution < -0.4 is 0 Å². The van der Waals surface area contributed by atoms with Gasteiger partial charge in [-0.2, -0.15) is 0 Å². The standard InChI is InChI=1S/C18H36O2Si2/c1-15(14-19)13-16(2)17(11-12-21(6,7)8)20-22(9,10)18(3,4)5/h11-14,16-17H,1-10H3/b12-11+,15-13+/t16-,17+/m1/s1. The van der Waals surface area contributed by atoms with Crippen LogP contribution in [0.15, 0.2) is 23.4 Å². The predicted molar refractivity (Wildman–Crippen MR) is 104 cm³/mol. The third-order valence-electron chi connectivity index (χ3n) is 4.25. The molecule has 0 saturated heterocycles. The fourth-order valence-electron chi connectivity index (χ4n) is 1.77. The summed E-state index contributed by atoms with van der Waals surface area (Å²) in [5, 5.41) is 0.182. The third kappa shape index (κ3) is 7.70. The minimum absolute atomic E-state index is 0.0440. The molecule has 0 aliphatic carbocycles. The first-order chi connectivity index (χ1) is 9.69. The van der Waals surface area contributed by atoms with Gasteiger partial charge in [0, 0.05) is 5.92 Å². The maximum absolute atomic E-state index is 10.9. The van der Waals surface area contributed by atoms with Gasteiger partial charge in [0.05, 0.1) is 14.2 Å². The van der Waals surface area contributed by atoms with Crippen LogP contribution in [0.4, 0.5) is 0 Å². The van der Waals surface area contributed by atoms with E-state index in [1.165, 1.54) is 0 Å². The van der Waals surface area contributed by atoms with Gasteiger partial charge in [0.25, 0.3) is 0 Å². The van der Waals surface area contributed by atoms with Crippen molar-refractivity contribution in [1.29, 1.82) is 0 Å². The first-order valence-corrected chi connectivity index (χ1v) is 14.7. The molecular weight excluding hydrogens is 304 g/mol. The highest BCUT2D eigenvalue weighted by atomic mass is 28.4. The molecule has 0 aliphatic rings. The van der Waals surface area contributed by atoms with Crippen LogP contribution in [0.2, 0.25) is 37.8 Å². The molecule has 0 fully saturated rings. The number of carbonyl (C=O) groups excluding carboxylic acids is 1. The van der Waals surface area contributed by atoms with E-state index in [4.69, 9.17) is 4.43 Å². The number of aldehydes is 1. The number of carbonyl (C=O) groups is 1. The molecule has 0 spiro atoms. The Morgan fingerprint density at radius 2 is 1.59 bits per heavy atom. The van der Waals surface area contributed by atoms with E-state index in [-0.39, 0.29) is 17.1 Å². The van der Waals surface area contributed by atoms with Crippen molar-refractivity contribution in [1.82, 2.24) is 0 Å². The van der Waals surface area contributed by atoms with Crippen molar-refractivity contribution in [2.24, 2.45) is 5.92 Å². The molecule has 0 saturated carbocycles. The summed E-state index contributed by atoms with van der Waals surface area (Å²) in [5.41, 5.74) is 3.13. The van der Waals surface area contributed by atoms with Crippen molar-refractivity contribution in [3.8, 4) is 0 Å². The van der Waals surface area contributed by atoms with E-state index in [1.807, 2.05) is 13.0 Å². The highest BCUT2D eigenvalue weighted by Crippen LogP contribution is 2.38. The Hall–Kier alpha value is -0.456. The van der Waals surface area contributed by atoms with Crippen LogP contribution in [0.25, 0.3) is 0 Å². The van der Waals surface area contributed by atoms with E-state index in [0.29, 0.717) is 0 Å². The molecule has 4 heteroatoms. The van der Waals surface area contributed by atoms with Gasteiger partial charge in [-0.05, 0) is 30.6 Å². The zero-order chi connectivity index (χ0) is 17.8. The van der Waals surface area contributed by atoms with Gasteiger partial charge < -0.3 is 4.43 Å². The molecule has 0 amide bonds. The maximum Gasteiger partial charge on any atom is 0.192 e. The van der Waals surface area contributed by atoms with E-state index in [9.17, 15) is 4.79 Å². The Morgan fingerprint density at radius 3 is 1.95 bits per heavy atom. The maximum atomic E-state index is 10.9.